The molecule has 258 valence electrons. The summed E-state index contributed by atoms with van der Waals surface area (Å²) < 4.78 is 65.6. The summed E-state index contributed by atoms with van der Waals surface area (Å²) in [6.45, 7) is 2.13. The SMILES string of the molecule is CC(=O)N1CCC2(CC1)CN1C(=O)CN(S(=O)(=O)c3cc4cc(Cl)ccc4n3S(=O)(=O)c3ccccc3)CC1(COCc1ccccn1)N2. The Labute approximate surface area is 289 Å². The Kier molecular flexibility index (Phi) is 8.56. The molecule has 1 atom stereocenters. The third-order valence-corrected chi connectivity index (χ3v) is 13.4. The van der Waals surface area contributed by atoms with Crippen molar-refractivity contribution in [1.29, 1.82) is 0 Å². The quantitative estimate of drug-likeness (QED) is 0.289. The molecule has 1 spiro atoms. The number of hydrogen-bond donors (Lipinski definition) is 1. The fraction of sp³-hybridized carbons (Fsp3) is 0.364. The molecule has 3 fully saturated rings. The zero-order valence-electron chi connectivity index (χ0n) is 26.7. The summed E-state index contributed by atoms with van der Waals surface area (Å²) in [6, 6.07) is 18.7. The Balaban J connectivity index is 1.28. The highest BCUT2D eigenvalue weighted by molar-refractivity contribution is 7.92. The first-order valence-corrected chi connectivity index (χ1v) is 19.0. The summed E-state index contributed by atoms with van der Waals surface area (Å²) >= 11 is 6.25. The summed E-state index contributed by atoms with van der Waals surface area (Å²) in [7, 11) is -9.06. The van der Waals surface area contributed by atoms with Crippen LogP contribution >= 0.6 is 11.6 Å². The van der Waals surface area contributed by atoms with Crippen LogP contribution in [0.25, 0.3) is 10.9 Å². The van der Waals surface area contributed by atoms with Crippen molar-refractivity contribution in [2.24, 2.45) is 0 Å². The number of carbonyl (C=O) groups is 2. The van der Waals surface area contributed by atoms with Crippen LogP contribution < -0.4 is 5.32 Å². The molecule has 49 heavy (non-hydrogen) atoms. The van der Waals surface area contributed by atoms with Crippen LogP contribution in [0.4, 0.5) is 0 Å². The lowest BCUT2D eigenvalue weighted by molar-refractivity contribution is -0.145. The van der Waals surface area contributed by atoms with Gasteiger partial charge in [0.1, 0.15) is 5.66 Å². The Hall–Kier alpha value is -3.86. The Morgan fingerprint density at radius 2 is 1.69 bits per heavy atom. The number of hydrogen-bond acceptors (Lipinski definition) is 9. The number of pyridine rings is 1. The van der Waals surface area contributed by atoms with Gasteiger partial charge in [-0.15, -0.1) is 0 Å². The van der Waals surface area contributed by atoms with Crippen LogP contribution in [-0.4, -0.2) is 102 Å². The topological polar surface area (TPSA) is 151 Å². The van der Waals surface area contributed by atoms with Crippen LogP contribution in [0, 0.1) is 0 Å². The van der Waals surface area contributed by atoms with Crippen LogP contribution in [0.5, 0.6) is 0 Å². The summed E-state index contributed by atoms with van der Waals surface area (Å²) in [6.07, 6.45) is 2.74. The fourth-order valence-corrected chi connectivity index (χ4v) is 10.9. The molecular weight excluding hydrogens is 692 g/mol. The maximum Gasteiger partial charge on any atom is 0.269 e. The van der Waals surface area contributed by atoms with Gasteiger partial charge in [-0.05, 0) is 61.4 Å². The van der Waals surface area contributed by atoms with Gasteiger partial charge in [0.25, 0.3) is 20.0 Å². The van der Waals surface area contributed by atoms with Crippen molar-refractivity contribution in [3.8, 4) is 0 Å². The van der Waals surface area contributed by atoms with Gasteiger partial charge in [-0.3, -0.25) is 19.9 Å². The molecule has 0 saturated carbocycles. The van der Waals surface area contributed by atoms with E-state index in [9.17, 15) is 26.4 Å². The van der Waals surface area contributed by atoms with E-state index in [1.807, 2.05) is 6.07 Å². The molecule has 0 radical (unpaired) electrons. The number of piperazine rings is 1. The number of nitrogens with one attached hydrogen (secondary N) is 1. The maximum absolute atomic E-state index is 14.7. The van der Waals surface area contributed by atoms with Gasteiger partial charge in [0.15, 0.2) is 5.03 Å². The molecule has 2 amide bonds. The molecule has 2 aromatic carbocycles. The van der Waals surface area contributed by atoms with Gasteiger partial charge in [0.2, 0.25) is 11.8 Å². The monoisotopic (exact) mass is 726 g/mol. The predicted molar refractivity (Wildman–Crippen MR) is 180 cm³/mol. The number of fused-ring (bicyclic) bond motifs is 2. The molecule has 5 heterocycles. The van der Waals surface area contributed by atoms with Crippen molar-refractivity contribution in [2.45, 2.75) is 47.5 Å². The van der Waals surface area contributed by atoms with Gasteiger partial charge in [0, 0.05) is 48.7 Å². The molecule has 13 nitrogen and oxygen atoms in total. The molecule has 16 heteroatoms. The fourth-order valence-electron chi connectivity index (χ4n) is 7.15. The van der Waals surface area contributed by atoms with Crippen molar-refractivity contribution in [1.82, 2.24) is 28.4 Å². The van der Waals surface area contributed by atoms with Gasteiger partial charge in [-0.25, -0.2) is 20.8 Å². The second-order valence-electron chi connectivity index (χ2n) is 12.8. The number of ether oxygens (including phenoxy) is 1. The van der Waals surface area contributed by atoms with Crippen molar-refractivity contribution in [3.63, 3.8) is 0 Å². The van der Waals surface area contributed by atoms with Crippen LogP contribution in [-0.2, 0) is 41.0 Å². The number of carbonyl (C=O) groups excluding carboxylic acids is 2. The first-order chi connectivity index (χ1) is 23.3. The molecule has 1 unspecified atom stereocenters. The highest BCUT2D eigenvalue weighted by atomic mass is 35.5. The molecule has 4 aromatic rings. The Morgan fingerprint density at radius 3 is 2.39 bits per heavy atom. The minimum absolute atomic E-state index is 0.0329. The average Bonchev–Trinajstić information content (AvgIpc) is 3.63. The number of sulfonamides is 1. The van der Waals surface area contributed by atoms with Crippen LogP contribution in [0.3, 0.4) is 0 Å². The molecule has 3 saturated heterocycles. The molecule has 3 aliphatic heterocycles. The summed E-state index contributed by atoms with van der Waals surface area (Å²) in [5.74, 6) is -0.485. The molecule has 0 aliphatic carbocycles. The van der Waals surface area contributed by atoms with E-state index in [0.29, 0.717) is 48.6 Å². The minimum atomic E-state index is -4.64. The van der Waals surface area contributed by atoms with E-state index >= 15 is 0 Å². The van der Waals surface area contributed by atoms with Crippen LogP contribution in [0.1, 0.15) is 25.5 Å². The lowest BCUT2D eigenvalue weighted by Gasteiger charge is -2.46. The van der Waals surface area contributed by atoms with Crippen molar-refractivity contribution in [3.05, 3.63) is 89.7 Å². The minimum Gasteiger partial charge on any atom is -0.371 e. The third-order valence-electron chi connectivity index (χ3n) is 9.58. The van der Waals surface area contributed by atoms with Crippen LogP contribution in [0.15, 0.2) is 88.9 Å². The number of aromatic nitrogens is 2. The number of rotatable bonds is 8. The highest BCUT2D eigenvalue weighted by Crippen LogP contribution is 2.40. The van der Waals surface area contributed by atoms with E-state index in [4.69, 9.17) is 16.3 Å². The second kappa shape index (κ2) is 12.5. The van der Waals surface area contributed by atoms with Gasteiger partial charge in [0.05, 0.1) is 42.4 Å². The Bertz CT molecular complexity index is 2140. The molecule has 2 aromatic heterocycles. The highest BCUT2D eigenvalue weighted by Gasteiger charge is 2.59. The van der Waals surface area contributed by atoms with E-state index in [0.717, 1.165) is 8.28 Å². The number of piperidine rings is 1. The lowest BCUT2D eigenvalue weighted by Crippen LogP contribution is -2.70. The zero-order chi connectivity index (χ0) is 34.6. The number of nitrogens with zero attached hydrogens (tertiary/aromatic N) is 5. The zero-order valence-corrected chi connectivity index (χ0v) is 29.0. The molecule has 1 N–H and O–H groups in total. The first kappa shape index (κ1) is 33.6. The van der Waals surface area contributed by atoms with Gasteiger partial charge in [-0.1, -0.05) is 35.9 Å². The van der Waals surface area contributed by atoms with Crippen molar-refractivity contribution in [2.75, 3.05) is 39.3 Å². The third kappa shape index (κ3) is 6.02. The van der Waals surface area contributed by atoms with Crippen LogP contribution in [0.2, 0.25) is 5.02 Å². The normalized spacial score (nSPS) is 21.4. The average molecular weight is 727 g/mol. The smallest absolute Gasteiger partial charge is 0.269 e. The summed E-state index contributed by atoms with van der Waals surface area (Å²) in [5.41, 5.74) is -1.08. The van der Waals surface area contributed by atoms with E-state index < -0.39 is 48.7 Å². The molecular formula is C33H35ClN6O7S2. The largest absolute Gasteiger partial charge is 0.371 e. The number of amides is 2. The molecule has 0 bridgehead atoms. The first-order valence-electron chi connectivity index (χ1n) is 15.8. The standard InChI is InChI=1S/C33H35ClN6O7S2/c1-24(41)37-15-12-32(13-16-37)21-39-30(42)19-38(22-33(39,36-32)23-47-20-27-7-5-6-14-35-27)49(45,46)31-18-25-17-26(34)10-11-29(25)40(31)48(43,44)28-8-3-2-4-9-28/h2-11,14,17-18,36H,12-13,15-16,19-23H2,1H3. The Morgan fingerprint density at radius 1 is 0.959 bits per heavy atom. The van der Waals surface area contributed by atoms with Gasteiger partial charge in [-0.2, -0.15) is 4.31 Å². The second-order valence-corrected chi connectivity index (χ2v) is 16.9. The predicted octanol–water partition coefficient (Wildman–Crippen LogP) is 2.66. The van der Waals surface area contributed by atoms with E-state index in [1.165, 1.54) is 43.3 Å². The van der Waals surface area contributed by atoms with Gasteiger partial charge >= 0.3 is 0 Å². The van der Waals surface area contributed by atoms with Crippen molar-refractivity contribution < 1.29 is 31.2 Å². The molecule has 7 rings (SSSR count). The maximum atomic E-state index is 14.7. The lowest BCUT2D eigenvalue weighted by atomic mass is 9.88. The van der Waals surface area contributed by atoms with E-state index in [1.54, 1.807) is 46.3 Å². The van der Waals surface area contributed by atoms with E-state index in [-0.39, 0.29) is 36.1 Å². The number of likely N-dealkylation sites (tertiary alicyclic amines) is 1. The van der Waals surface area contributed by atoms with E-state index in [2.05, 4.69) is 10.3 Å². The summed E-state index contributed by atoms with van der Waals surface area (Å²) in [4.78, 5) is 33.7. The number of benzene rings is 2. The number of halogens is 1. The van der Waals surface area contributed by atoms with Crippen molar-refractivity contribution >= 4 is 54.4 Å². The summed E-state index contributed by atoms with van der Waals surface area (Å²) in [5, 5.41) is 3.72. The van der Waals surface area contributed by atoms with Gasteiger partial charge < -0.3 is 14.5 Å². The molecule has 3 aliphatic rings.